The van der Waals surface area contributed by atoms with Gasteiger partial charge in [0.15, 0.2) is 11.6 Å². The molecule has 1 atom stereocenters. The van der Waals surface area contributed by atoms with Crippen LogP contribution in [0.25, 0.3) is 0 Å². The lowest BCUT2D eigenvalue weighted by Gasteiger charge is -2.25. The summed E-state index contributed by atoms with van der Waals surface area (Å²) in [5, 5.41) is 0. The first-order valence-corrected chi connectivity index (χ1v) is 7.53. The van der Waals surface area contributed by atoms with Crippen molar-refractivity contribution in [2.75, 3.05) is 30.8 Å². The Morgan fingerprint density at radius 2 is 2.15 bits per heavy atom. The van der Waals surface area contributed by atoms with Gasteiger partial charge in [0.05, 0.1) is 18.5 Å². The van der Waals surface area contributed by atoms with Gasteiger partial charge < -0.3 is 15.4 Å². The number of nitrogen functional groups attached to an aromatic ring is 1. The van der Waals surface area contributed by atoms with Gasteiger partial charge in [-0.2, -0.15) is 0 Å². The summed E-state index contributed by atoms with van der Waals surface area (Å²) in [4.78, 5) is 2.27. The molecule has 1 aromatic rings. The van der Waals surface area contributed by atoms with E-state index in [9.17, 15) is 4.39 Å². The first-order valence-electron chi connectivity index (χ1n) is 7.53. The summed E-state index contributed by atoms with van der Waals surface area (Å²) < 4.78 is 18.7. The lowest BCUT2D eigenvalue weighted by atomic mass is 9.96. The van der Waals surface area contributed by atoms with Gasteiger partial charge in [0.25, 0.3) is 0 Å². The lowest BCUT2D eigenvalue weighted by Crippen LogP contribution is -2.25. The quantitative estimate of drug-likeness (QED) is 0.852. The molecular weight excluding hydrogens is 255 g/mol. The molecular formula is C16H25FN2O. The van der Waals surface area contributed by atoms with Crippen molar-refractivity contribution >= 4 is 11.4 Å². The van der Waals surface area contributed by atoms with E-state index in [0.717, 1.165) is 24.7 Å². The van der Waals surface area contributed by atoms with Gasteiger partial charge in [-0.25, -0.2) is 4.39 Å². The average molecular weight is 280 g/mol. The maximum absolute atomic E-state index is 13.6. The molecule has 1 aliphatic heterocycles. The van der Waals surface area contributed by atoms with Crippen LogP contribution in [-0.4, -0.2) is 20.2 Å². The molecule has 0 aliphatic carbocycles. The molecule has 4 heteroatoms. The Balaban J connectivity index is 2.15. The van der Waals surface area contributed by atoms with Crippen LogP contribution in [-0.2, 0) is 0 Å². The van der Waals surface area contributed by atoms with Crippen molar-refractivity contribution in [3.8, 4) is 5.75 Å². The molecule has 112 valence electrons. The van der Waals surface area contributed by atoms with Crippen molar-refractivity contribution in [3.63, 3.8) is 0 Å². The van der Waals surface area contributed by atoms with Crippen LogP contribution < -0.4 is 15.4 Å². The van der Waals surface area contributed by atoms with Gasteiger partial charge in [0.2, 0.25) is 0 Å². The monoisotopic (exact) mass is 280 g/mol. The Bertz CT molecular complexity index is 450. The highest BCUT2D eigenvalue weighted by atomic mass is 19.1. The van der Waals surface area contributed by atoms with Crippen LogP contribution in [0.2, 0.25) is 0 Å². The zero-order valence-corrected chi connectivity index (χ0v) is 12.5. The predicted molar refractivity (Wildman–Crippen MR) is 81.8 cm³/mol. The SMILES string of the molecule is CCCC1CCCN(c2cc(OC)c(F)cc2N)CC1. The van der Waals surface area contributed by atoms with E-state index in [4.69, 9.17) is 10.5 Å². The Morgan fingerprint density at radius 3 is 2.85 bits per heavy atom. The van der Waals surface area contributed by atoms with Gasteiger partial charge in [-0.05, 0) is 25.2 Å². The number of hydrogen-bond acceptors (Lipinski definition) is 3. The van der Waals surface area contributed by atoms with Crippen LogP contribution in [0.4, 0.5) is 15.8 Å². The zero-order chi connectivity index (χ0) is 14.5. The average Bonchev–Trinajstić information content (AvgIpc) is 2.65. The molecule has 0 radical (unpaired) electrons. The summed E-state index contributed by atoms with van der Waals surface area (Å²) in [6.07, 6.45) is 6.19. The second kappa shape index (κ2) is 6.82. The number of rotatable bonds is 4. The van der Waals surface area contributed by atoms with Gasteiger partial charge in [-0.1, -0.05) is 19.8 Å². The smallest absolute Gasteiger partial charge is 0.167 e. The highest BCUT2D eigenvalue weighted by Gasteiger charge is 2.19. The number of hydrogen-bond donors (Lipinski definition) is 1. The Labute approximate surface area is 120 Å². The molecule has 2 N–H and O–H groups in total. The van der Waals surface area contributed by atoms with Crippen molar-refractivity contribution in [1.29, 1.82) is 0 Å². The fourth-order valence-corrected chi connectivity index (χ4v) is 3.09. The summed E-state index contributed by atoms with van der Waals surface area (Å²) in [6, 6.07) is 3.09. The molecule has 1 saturated heterocycles. The summed E-state index contributed by atoms with van der Waals surface area (Å²) >= 11 is 0. The number of methoxy groups -OCH3 is 1. The van der Waals surface area contributed by atoms with Crippen molar-refractivity contribution in [1.82, 2.24) is 0 Å². The van der Waals surface area contributed by atoms with Gasteiger partial charge in [0, 0.05) is 25.2 Å². The highest BCUT2D eigenvalue weighted by Crippen LogP contribution is 2.33. The van der Waals surface area contributed by atoms with Gasteiger partial charge in [0.1, 0.15) is 0 Å². The fraction of sp³-hybridized carbons (Fsp3) is 0.625. The fourth-order valence-electron chi connectivity index (χ4n) is 3.09. The molecule has 3 nitrogen and oxygen atoms in total. The molecule has 1 aliphatic rings. The van der Waals surface area contributed by atoms with Crippen LogP contribution in [0, 0.1) is 11.7 Å². The number of nitrogens with two attached hydrogens (primary N) is 1. The van der Waals surface area contributed by atoms with E-state index in [1.165, 1.54) is 45.3 Å². The summed E-state index contributed by atoms with van der Waals surface area (Å²) in [7, 11) is 1.48. The maximum atomic E-state index is 13.6. The Hall–Kier alpha value is -1.45. The summed E-state index contributed by atoms with van der Waals surface area (Å²) in [5.41, 5.74) is 7.38. The second-order valence-corrected chi connectivity index (χ2v) is 5.62. The van der Waals surface area contributed by atoms with E-state index in [-0.39, 0.29) is 5.75 Å². The Kier molecular flexibility index (Phi) is 5.10. The normalized spacial score (nSPS) is 19.8. The number of halogens is 1. The van der Waals surface area contributed by atoms with E-state index in [2.05, 4.69) is 11.8 Å². The minimum atomic E-state index is -0.396. The summed E-state index contributed by atoms with van der Waals surface area (Å²) in [5.74, 6) is 0.685. The van der Waals surface area contributed by atoms with Gasteiger partial charge in [-0.15, -0.1) is 0 Å². The largest absolute Gasteiger partial charge is 0.494 e. The molecule has 0 aromatic heterocycles. The topological polar surface area (TPSA) is 38.5 Å². The molecule has 1 aromatic carbocycles. The third-order valence-corrected chi connectivity index (χ3v) is 4.19. The van der Waals surface area contributed by atoms with Crippen LogP contribution in [0.5, 0.6) is 5.75 Å². The number of ether oxygens (including phenoxy) is 1. The molecule has 0 spiro atoms. The molecule has 1 fully saturated rings. The number of nitrogens with zero attached hydrogens (tertiary/aromatic N) is 1. The first kappa shape index (κ1) is 14.9. The van der Waals surface area contributed by atoms with Crippen molar-refractivity contribution in [2.24, 2.45) is 5.92 Å². The highest BCUT2D eigenvalue weighted by molar-refractivity contribution is 5.70. The third kappa shape index (κ3) is 3.35. The van der Waals surface area contributed by atoms with Crippen LogP contribution in [0.15, 0.2) is 12.1 Å². The first-order chi connectivity index (χ1) is 9.65. The van der Waals surface area contributed by atoms with E-state index >= 15 is 0 Å². The van der Waals surface area contributed by atoms with E-state index in [0.29, 0.717) is 5.69 Å². The van der Waals surface area contributed by atoms with Crippen molar-refractivity contribution < 1.29 is 9.13 Å². The van der Waals surface area contributed by atoms with Crippen molar-refractivity contribution in [2.45, 2.75) is 39.0 Å². The standard InChI is InChI=1S/C16H25FN2O/c1-3-5-12-6-4-8-19(9-7-12)15-11-16(20-2)13(17)10-14(15)18/h10-12H,3-9,18H2,1-2H3. The second-order valence-electron chi connectivity index (χ2n) is 5.62. The van der Waals surface area contributed by atoms with Crippen LogP contribution in [0.1, 0.15) is 39.0 Å². The van der Waals surface area contributed by atoms with E-state index < -0.39 is 5.82 Å². The van der Waals surface area contributed by atoms with E-state index in [1.54, 1.807) is 6.07 Å². The minimum absolute atomic E-state index is 0.267. The molecule has 0 bridgehead atoms. The van der Waals surface area contributed by atoms with Gasteiger partial charge >= 0.3 is 0 Å². The number of anilines is 2. The molecule has 1 unspecified atom stereocenters. The Morgan fingerprint density at radius 1 is 1.35 bits per heavy atom. The van der Waals surface area contributed by atoms with E-state index in [1.807, 2.05) is 0 Å². The maximum Gasteiger partial charge on any atom is 0.167 e. The number of benzene rings is 1. The molecule has 20 heavy (non-hydrogen) atoms. The third-order valence-electron chi connectivity index (χ3n) is 4.19. The predicted octanol–water partition coefficient (Wildman–Crippen LogP) is 3.82. The van der Waals surface area contributed by atoms with Crippen LogP contribution in [0.3, 0.4) is 0 Å². The molecule has 2 rings (SSSR count). The minimum Gasteiger partial charge on any atom is -0.494 e. The van der Waals surface area contributed by atoms with Gasteiger partial charge in [-0.3, -0.25) is 0 Å². The van der Waals surface area contributed by atoms with Crippen LogP contribution >= 0.6 is 0 Å². The molecule has 1 heterocycles. The molecule has 0 amide bonds. The summed E-state index contributed by atoms with van der Waals surface area (Å²) in [6.45, 7) is 4.22. The molecule has 0 saturated carbocycles. The zero-order valence-electron chi connectivity index (χ0n) is 12.5. The van der Waals surface area contributed by atoms with Crippen molar-refractivity contribution in [3.05, 3.63) is 17.9 Å². The lowest BCUT2D eigenvalue weighted by molar-refractivity contribution is 0.386.